The van der Waals surface area contributed by atoms with Crippen LogP contribution in [0.3, 0.4) is 0 Å². The van der Waals surface area contributed by atoms with Gasteiger partial charge in [-0.2, -0.15) is 13.2 Å². The zero-order chi connectivity index (χ0) is 21.0. The van der Waals surface area contributed by atoms with E-state index in [-0.39, 0.29) is 27.5 Å². The molecule has 8 heteroatoms. The van der Waals surface area contributed by atoms with Gasteiger partial charge in [-0.05, 0) is 42.5 Å². The Morgan fingerprint density at radius 1 is 0.759 bits per heavy atom. The standard InChI is InChI=1S/C21H14ClF3N2O2/c22-18-9-5-4-8-17(18)20(29)27-16-11-14(21(23,24)25)10-15(12-16)26-19(28)13-6-2-1-3-7-13/h1-12H,(H,26,28)(H,27,29). The lowest BCUT2D eigenvalue weighted by Crippen LogP contribution is -2.16. The highest BCUT2D eigenvalue weighted by atomic mass is 35.5. The Balaban J connectivity index is 1.91. The van der Waals surface area contributed by atoms with Gasteiger partial charge in [0.15, 0.2) is 0 Å². The number of amides is 2. The molecule has 0 spiro atoms. The fourth-order valence-electron chi connectivity index (χ4n) is 2.57. The van der Waals surface area contributed by atoms with Gasteiger partial charge in [-0.15, -0.1) is 0 Å². The van der Waals surface area contributed by atoms with Crippen molar-refractivity contribution in [3.63, 3.8) is 0 Å². The first-order valence-electron chi connectivity index (χ1n) is 8.38. The molecule has 0 radical (unpaired) electrons. The number of alkyl halides is 3. The summed E-state index contributed by atoms with van der Waals surface area (Å²) in [7, 11) is 0. The third-order valence-electron chi connectivity index (χ3n) is 3.93. The van der Waals surface area contributed by atoms with Crippen LogP contribution >= 0.6 is 11.6 Å². The summed E-state index contributed by atoms with van der Waals surface area (Å²) in [6.45, 7) is 0. The number of carbonyl (C=O) groups excluding carboxylic acids is 2. The zero-order valence-electron chi connectivity index (χ0n) is 14.8. The van der Waals surface area contributed by atoms with Crippen LogP contribution in [0.4, 0.5) is 24.5 Å². The van der Waals surface area contributed by atoms with Crippen molar-refractivity contribution in [2.75, 3.05) is 10.6 Å². The third kappa shape index (κ3) is 5.14. The van der Waals surface area contributed by atoms with Gasteiger partial charge in [0.25, 0.3) is 11.8 Å². The number of hydrogen-bond acceptors (Lipinski definition) is 2. The molecular formula is C21H14ClF3N2O2. The molecule has 0 heterocycles. The number of benzene rings is 3. The molecule has 0 aliphatic carbocycles. The minimum atomic E-state index is -4.67. The fourth-order valence-corrected chi connectivity index (χ4v) is 2.79. The predicted molar refractivity (Wildman–Crippen MR) is 105 cm³/mol. The lowest BCUT2D eigenvalue weighted by Gasteiger charge is -2.14. The van der Waals surface area contributed by atoms with Gasteiger partial charge in [0.05, 0.1) is 16.1 Å². The Labute approximate surface area is 169 Å². The molecule has 0 atom stereocenters. The monoisotopic (exact) mass is 418 g/mol. The van der Waals surface area contributed by atoms with E-state index in [0.717, 1.165) is 12.1 Å². The second-order valence-corrected chi connectivity index (χ2v) is 6.46. The maximum atomic E-state index is 13.3. The third-order valence-corrected chi connectivity index (χ3v) is 4.26. The first kappa shape index (κ1) is 20.4. The zero-order valence-corrected chi connectivity index (χ0v) is 15.5. The van der Waals surface area contributed by atoms with Crippen LogP contribution in [0.15, 0.2) is 72.8 Å². The maximum Gasteiger partial charge on any atom is 0.416 e. The second-order valence-electron chi connectivity index (χ2n) is 6.05. The van der Waals surface area contributed by atoms with Gasteiger partial charge < -0.3 is 10.6 Å². The topological polar surface area (TPSA) is 58.2 Å². The number of hydrogen-bond donors (Lipinski definition) is 2. The molecule has 0 aliphatic heterocycles. The highest BCUT2D eigenvalue weighted by Gasteiger charge is 2.31. The number of carbonyl (C=O) groups is 2. The summed E-state index contributed by atoms with van der Waals surface area (Å²) in [6.07, 6.45) is -4.67. The van der Waals surface area contributed by atoms with Crippen LogP contribution in [-0.2, 0) is 6.18 Å². The van der Waals surface area contributed by atoms with Crippen LogP contribution in [0.2, 0.25) is 5.02 Å². The van der Waals surface area contributed by atoms with E-state index >= 15 is 0 Å². The quantitative estimate of drug-likeness (QED) is 0.557. The Morgan fingerprint density at radius 3 is 1.90 bits per heavy atom. The number of nitrogens with one attached hydrogen (secondary N) is 2. The van der Waals surface area contributed by atoms with Crippen molar-refractivity contribution < 1.29 is 22.8 Å². The van der Waals surface area contributed by atoms with Crippen molar-refractivity contribution >= 4 is 34.8 Å². The molecule has 148 valence electrons. The molecular weight excluding hydrogens is 405 g/mol. The smallest absolute Gasteiger partial charge is 0.322 e. The SMILES string of the molecule is O=C(Nc1cc(NC(=O)c2ccccc2Cl)cc(C(F)(F)F)c1)c1ccccc1. The largest absolute Gasteiger partial charge is 0.416 e. The van der Waals surface area contributed by atoms with Crippen molar-refractivity contribution in [1.29, 1.82) is 0 Å². The first-order chi connectivity index (χ1) is 13.7. The van der Waals surface area contributed by atoms with Crippen LogP contribution in [0.25, 0.3) is 0 Å². The van der Waals surface area contributed by atoms with Gasteiger partial charge in [-0.1, -0.05) is 41.9 Å². The molecule has 2 N–H and O–H groups in total. The molecule has 29 heavy (non-hydrogen) atoms. The molecule has 0 fully saturated rings. The van der Waals surface area contributed by atoms with Crippen LogP contribution in [0.5, 0.6) is 0 Å². The minimum Gasteiger partial charge on any atom is -0.322 e. The van der Waals surface area contributed by atoms with Gasteiger partial charge in [-0.25, -0.2) is 0 Å². The van der Waals surface area contributed by atoms with Gasteiger partial charge in [0, 0.05) is 16.9 Å². The Hall–Kier alpha value is -3.32. The Morgan fingerprint density at radius 2 is 1.31 bits per heavy atom. The molecule has 0 saturated carbocycles. The predicted octanol–water partition coefficient (Wildman–Crippen LogP) is 5.86. The first-order valence-corrected chi connectivity index (χ1v) is 8.76. The normalized spacial score (nSPS) is 11.0. The molecule has 0 bridgehead atoms. The van der Waals surface area contributed by atoms with Crippen LogP contribution in [-0.4, -0.2) is 11.8 Å². The van der Waals surface area contributed by atoms with Gasteiger partial charge in [-0.3, -0.25) is 9.59 Å². The summed E-state index contributed by atoms with van der Waals surface area (Å²) in [6, 6.07) is 17.0. The summed E-state index contributed by atoms with van der Waals surface area (Å²) >= 11 is 5.96. The van der Waals surface area contributed by atoms with Crippen LogP contribution in [0.1, 0.15) is 26.3 Å². The maximum absolute atomic E-state index is 13.3. The molecule has 0 aliphatic rings. The van der Waals surface area contributed by atoms with E-state index in [2.05, 4.69) is 10.6 Å². The van der Waals surface area contributed by atoms with Crippen LogP contribution in [0, 0.1) is 0 Å². The van der Waals surface area contributed by atoms with Crippen LogP contribution < -0.4 is 10.6 Å². The summed E-state index contributed by atoms with van der Waals surface area (Å²) in [5, 5.41) is 4.97. The van der Waals surface area contributed by atoms with E-state index in [1.165, 1.54) is 30.3 Å². The Bertz CT molecular complexity index is 1050. The van der Waals surface area contributed by atoms with E-state index in [9.17, 15) is 22.8 Å². The molecule has 0 aromatic heterocycles. The van der Waals surface area contributed by atoms with E-state index in [0.29, 0.717) is 0 Å². The molecule has 3 aromatic rings. The molecule has 0 unspecified atom stereocenters. The van der Waals surface area contributed by atoms with Crippen molar-refractivity contribution in [2.24, 2.45) is 0 Å². The molecule has 0 saturated heterocycles. The molecule has 3 aromatic carbocycles. The number of anilines is 2. The molecule has 3 rings (SSSR count). The number of rotatable bonds is 4. The van der Waals surface area contributed by atoms with Gasteiger partial charge in [0.1, 0.15) is 0 Å². The lowest BCUT2D eigenvalue weighted by molar-refractivity contribution is -0.137. The number of halogens is 4. The summed E-state index contributed by atoms with van der Waals surface area (Å²) < 4.78 is 39.9. The minimum absolute atomic E-state index is 0.108. The summed E-state index contributed by atoms with van der Waals surface area (Å²) in [5.41, 5.74) is -0.859. The summed E-state index contributed by atoms with van der Waals surface area (Å²) in [5.74, 6) is -1.25. The average Bonchev–Trinajstić information content (AvgIpc) is 2.68. The highest BCUT2D eigenvalue weighted by molar-refractivity contribution is 6.34. The van der Waals surface area contributed by atoms with Crippen molar-refractivity contribution in [2.45, 2.75) is 6.18 Å². The van der Waals surface area contributed by atoms with Crippen molar-refractivity contribution in [3.05, 3.63) is 94.5 Å². The van der Waals surface area contributed by atoms with E-state index < -0.39 is 23.6 Å². The summed E-state index contributed by atoms with van der Waals surface area (Å²) in [4.78, 5) is 24.7. The molecule has 2 amide bonds. The Kier molecular flexibility index (Phi) is 5.89. The van der Waals surface area contributed by atoms with Crippen molar-refractivity contribution in [3.8, 4) is 0 Å². The van der Waals surface area contributed by atoms with E-state index in [1.807, 2.05) is 0 Å². The highest BCUT2D eigenvalue weighted by Crippen LogP contribution is 2.34. The fraction of sp³-hybridized carbons (Fsp3) is 0.0476. The van der Waals surface area contributed by atoms with Crippen molar-refractivity contribution in [1.82, 2.24) is 0 Å². The van der Waals surface area contributed by atoms with Gasteiger partial charge in [0.2, 0.25) is 0 Å². The van der Waals surface area contributed by atoms with E-state index in [4.69, 9.17) is 11.6 Å². The average molecular weight is 419 g/mol. The van der Waals surface area contributed by atoms with E-state index in [1.54, 1.807) is 30.3 Å². The second kappa shape index (κ2) is 8.36. The lowest BCUT2D eigenvalue weighted by atomic mass is 10.1. The molecule has 4 nitrogen and oxygen atoms in total. The van der Waals surface area contributed by atoms with Gasteiger partial charge >= 0.3 is 6.18 Å².